The Morgan fingerprint density at radius 2 is 1.81 bits per heavy atom. The Morgan fingerprint density at radius 1 is 1.11 bits per heavy atom. The minimum atomic E-state index is -0.440. The van der Waals surface area contributed by atoms with Crippen LogP contribution in [0.15, 0.2) is 65.9 Å². The van der Waals surface area contributed by atoms with Crippen LogP contribution in [0, 0.1) is 0 Å². The Kier molecular flexibility index (Phi) is 6.08. The molecule has 2 aromatic rings. The number of carbonyl (C=O) groups is 1. The van der Waals surface area contributed by atoms with Gasteiger partial charge in [0, 0.05) is 11.3 Å². The smallest absolute Gasteiger partial charge is 0.338 e. The van der Waals surface area contributed by atoms with Crippen LogP contribution in [0.1, 0.15) is 31.0 Å². The molecule has 0 saturated heterocycles. The second-order valence-electron chi connectivity index (χ2n) is 6.10. The van der Waals surface area contributed by atoms with Gasteiger partial charge in [0.05, 0.1) is 18.2 Å². The molecule has 0 bridgehead atoms. The fourth-order valence-electron chi connectivity index (χ4n) is 3.00. The van der Waals surface area contributed by atoms with E-state index < -0.39 is 12.0 Å². The molecule has 0 spiro atoms. The molecular weight excluding hydrogens is 360 g/mol. The van der Waals surface area contributed by atoms with Crippen LogP contribution in [0.3, 0.4) is 0 Å². The zero-order valence-corrected chi connectivity index (χ0v) is 16.1. The van der Waals surface area contributed by atoms with E-state index in [-0.39, 0.29) is 6.61 Å². The summed E-state index contributed by atoms with van der Waals surface area (Å²) in [4.78, 5) is 12.9. The molecule has 0 aliphatic carbocycles. The molecule has 6 heteroatoms. The van der Waals surface area contributed by atoms with Gasteiger partial charge in [-0.15, -0.1) is 0 Å². The maximum atomic E-state index is 12.9. The van der Waals surface area contributed by atoms with E-state index in [1.165, 1.54) is 0 Å². The molecule has 2 aromatic carbocycles. The van der Waals surface area contributed by atoms with E-state index in [1.807, 2.05) is 68.4 Å². The standard InChI is InChI=1S/C21H22N2O3S/c1-3-25-17-12-8-7-11-16(17)19-18(14(2)22-21(27)23-19)20(24)26-13-15-9-5-4-6-10-15/h4-12,19H,3,13H2,1-2H3,(H2,22,23,27)/t19-/m0/s1. The van der Waals surface area contributed by atoms with Crippen LogP contribution < -0.4 is 15.4 Å². The highest BCUT2D eigenvalue weighted by molar-refractivity contribution is 7.80. The van der Waals surface area contributed by atoms with Crippen molar-refractivity contribution < 1.29 is 14.3 Å². The fourth-order valence-corrected chi connectivity index (χ4v) is 3.28. The summed E-state index contributed by atoms with van der Waals surface area (Å²) in [6.07, 6.45) is 0. The summed E-state index contributed by atoms with van der Waals surface area (Å²) in [7, 11) is 0. The average molecular weight is 382 g/mol. The zero-order valence-electron chi connectivity index (χ0n) is 15.3. The molecule has 1 aliphatic rings. The lowest BCUT2D eigenvalue weighted by Crippen LogP contribution is -2.45. The molecule has 0 amide bonds. The third-order valence-corrected chi connectivity index (χ3v) is 4.45. The van der Waals surface area contributed by atoms with Crippen LogP contribution in [0.25, 0.3) is 0 Å². The number of rotatable bonds is 6. The van der Waals surface area contributed by atoms with Gasteiger partial charge in [-0.3, -0.25) is 0 Å². The van der Waals surface area contributed by atoms with Gasteiger partial charge in [-0.1, -0.05) is 48.5 Å². The van der Waals surface area contributed by atoms with Crippen molar-refractivity contribution >= 4 is 23.3 Å². The van der Waals surface area contributed by atoms with Crippen molar-refractivity contribution in [1.29, 1.82) is 0 Å². The summed E-state index contributed by atoms with van der Waals surface area (Å²) >= 11 is 5.30. The van der Waals surface area contributed by atoms with Gasteiger partial charge in [-0.05, 0) is 37.7 Å². The van der Waals surface area contributed by atoms with Gasteiger partial charge in [0.2, 0.25) is 0 Å². The third-order valence-electron chi connectivity index (χ3n) is 4.23. The van der Waals surface area contributed by atoms with Gasteiger partial charge in [-0.2, -0.15) is 0 Å². The molecule has 3 rings (SSSR count). The molecule has 1 heterocycles. The molecule has 0 radical (unpaired) electrons. The van der Waals surface area contributed by atoms with Gasteiger partial charge < -0.3 is 20.1 Å². The van der Waals surface area contributed by atoms with E-state index >= 15 is 0 Å². The molecule has 140 valence electrons. The van der Waals surface area contributed by atoms with Gasteiger partial charge in [0.25, 0.3) is 0 Å². The van der Waals surface area contributed by atoms with Gasteiger partial charge >= 0.3 is 5.97 Å². The molecule has 1 aliphatic heterocycles. The monoisotopic (exact) mass is 382 g/mol. The number of carbonyl (C=O) groups excluding carboxylic acids is 1. The van der Waals surface area contributed by atoms with Crippen molar-refractivity contribution in [3.63, 3.8) is 0 Å². The van der Waals surface area contributed by atoms with Crippen molar-refractivity contribution in [2.45, 2.75) is 26.5 Å². The summed E-state index contributed by atoms with van der Waals surface area (Å²) < 4.78 is 11.3. The van der Waals surface area contributed by atoms with E-state index in [9.17, 15) is 4.79 Å². The molecule has 0 saturated carbocycles. The number of thiocarbonyl (C=S) groups is 1. The van der Waals surface area contributed by atoms with Crippen molar-refractivity contribution in [3.05, 3.63) is 77.0 Å². The predicted octanol–water partition coefficient (Wildman–Crippen LogP) is 3.62. The number of hydrogen-bond donors (Lipinski definition) is 2. The lowest BCUT2D eigenvalue weighted by atomic mass is 9.95. The number of benzene rings is 2. The minimum Gasteiger partial charge on any atom is -0.494 e. The largest absolute Gasteiger partial charge is 0.494 e. The first-order valence-corrected chi connectivity index (χ1v) is 9.22. The highest BCUT2D eigenvalue weighted by Crippen LogP contribution is 2.33. The summed E-state index contributed by atoms with van der Waals surface area (Å²) in [5, 5.41) is 6.65. The maximum absolute atomic E-state index is 12.9. The first-order valence-electron chi connectivity index (χ1n) is 8.81. The number of para-hydroxylation sites is 1. The van der Waals surface area contributed by atoms with Crippen LogP contribution in [0.2, 0.25) is 0 Å². The van der Waals surface area contributed by atoms with Crippen molar-refractivity contribution in [2.24, 2.45) is 0 Å². The van der Waals surface area contributed by atoms with Crippen molar-refractivity contribution in [2.75, 3.05) is 6.61 Å². The van der Waals surface area contributed by atoms with Gasteiger partial charge in [0.15, 0.2) is 5.11 Å². The highest BCUT2D eigenvalue weighted by Gasteiger charge is 2.32. The predicted molar refractivity (Wildman–Crippen MR) is 108 cm³/mol. The summed E-state index contributed by atoms with van der Waals surface area (Å²) in [6.45, 7) is 4.49. The molecule has 0 fully saturated rings. The van der Waals surface area contributed by atoms with Crippen LogP contribution >= 0.6 is 12.2 Å². The van der Waals surface area contributed by atoms with Crippen LogP contribution in [-0.4, -0.2) is 17.7 Å². The van der Waals surface area contributed by atoms with Crippen LogP contribution in [0.4, 0.5) is 0 Å². The Balaban J connectivity index is 1.89. The van der Waals surface area contributed by atoms with E-state index in [0.29, 0.717) is 28.7 Å². The summed E-state index contributed by atoms with van der Waals surface area (Å²) in [5.41, 5.74) is 2.94. The van der Waals surface area contributed by atoms with Crippen LogP contribution in [-0.2, 0) is 16.1 Å². The summed E-state index contributed by atoms with van der Waals surface area (Å²) in [6, 6.07) is 16.8. The maximum Gasteiger partial charge on any atom is 0.338 e. The number of ether oxygens (including phenoxy) is 2. The Bertz CT molecular complexity index is 865. The second-order valence-corrected chi connectivity index (χ2v) is 6.51. The lowest BCUT2D eigenvalue weighted by Gasteiger charge is -2.30. The molecule has 1 atom stereocenters. The minimum absolute atomic E-state index is 0.209. The van der Waals surface area contributed by atoms with E-state index in [4.69, 9.17) is 21.7 Å². The number of hydrogen-bond acceptors (Lipinski definition) is 4. The third kappa shape index (κ3) is 4.46. The molecule has 27 heavy (non-hydrogen) atoms. The SMILES string of the molecule is CCOc1ccccc1[C@@H]1NC(=S)NC(C)=C1C(=O)OCc1ccccc1. The molecular formula is C21H22N2O3S. The van der Waals surface area contributed by atoms with E-state index in [2.05, 4.69) is 10.6 Å². The van der Waals surface area contributed by atoms with Crippen molar-refractivity contribution in [3.8, 4) is 5.75 Å². The topological polar surface area (TPSA) is 59.6 Å². The average Bonchev–Trinajstić information content (AvgIpc) is 2.67. The van der Waals surface area contributed by atoms with Crippen LogP contribution in [0.5, 0.6) is 5.75 Å². The Hall–Kier alpha value is -2.86. The van der Waals surface area contributed by atoms with Gasteiger partial charge in [0.1, 0.15) is 12.4 Å². The second kappa shape index (κ2) is 8.68. The van der Waals surface area contributed by atoms with E-state index in [1.54, 1.807) is 0 Å². The molecule has 0 aromatic heterocycles. The lowest BCUT2D eigenvalue weighted by molar-refractivity contribution is -0.140. The fraction of sp³-hybridized carbons (Fsp3) is 0.238. The number of esters is 1. The first kappa shape index (κ1) is 18.9. The first-order chi connectivity index (χ1) is 13.1. The Morgan fingerprint density at radius 3 is 2.56 bits per heavy atom. The highest BCUT2D eigenvalue weighted by atomic mass is 32.1. The normalized spacial score (nSPS) is 16.4. The van der Waals surface area contributed by atoms with Gasteiger partial charge in [-0.25, -0.2) is 4.79 Å². The van der Waals surface area contributed by atoms with Crippen molar-refractivity contribution in [1.82, 2.24) is 10.6 Å². The molecule has 2 N–H and O–H groups in total. The number of allylic oxidation sites excluding steroid dienone is 1. The Labute approximate surface area is 164 Å². The molecule has 0 unspecified atom stereocenters. The molecule has 5 nitrogen and oxygen atoms in total. The number of nitrogens with one attached hydrogen (secondary N) is 2. The quantitative estimate of drug-likeness (QED) is 0.588. The summed E-state index contributed by atoms with van der Waals surface area (Å²) in [5.74, 6) is 0.318. The van der Waals surface area contributed by atoms with E-state index in [0.717, 1.165) is 11.1 Å². The zero-order chi connectivity index (χ0) is 19.2.